The highest BCUT2D eigenvalue weighted by Crippen LogP contribution is 2.34. The molecule has 0 saturated carbocycles. The van der Waals surface area contributed by atoms with Gasteiger partial charge in [-0.25, -0.2) is 4.39 Å². The summed E-state index contributed by atoms with van der Waals surface area (Å²) in [5, 5.41) is 0. The molecule has 90 valence electrons. The minimum Gasteiger partial charge on any atom is -0.359 e. The van der Waals surface area contributed by atoms with E-state index in [2.05, 4.69) is 15.9 Å². The van der Waals surface area contributed by atoms with Crippen molar-refractivity contribution < 1.29 is 13.9 Å². The molecule has 0 aromatic heterocycles. The molecule has 0 aliphatic rings. The van der Waals surface area contributed by atoms with Gasteiger partial charge in [0.15, 0.2) is 0 Å². The van der Waals surface area contributed by atoms with Crippen LogP contribution in [0.1, 0.15) is 25.0 Å². The van der Waals surface area contributed by atoms with Crippen molar-refractivity contribution in [2.75, 3.05) is 13.9 Å². The predicted molar refractivity (Wildman–Crippen MR) is 64.8 cm³/mol. The van der Waals surface area contributed by atoms with Crippen LogP contribution in [0.15, 0.2) is 16.6 Å². The van der Waals surface area contributed by atoms with E-state index in [9.17, 15) is 4.39 Å². The van der Waals surface area contributed by atoms with Crippen molar-refractivity contribution >= 4 is 15.9 Å². The lowest BCUT2D eigenvalue weighted by Gasteiger charge is -2.27. The fraction of sp³-hybridized carbons (Fsp3) is 0.500. The highest BCUT2D eigenvalue weighted by molar-refractivity contribution is 9.10. The summed E-state index contributed by atoms with van der Waals surface area (Å²) in [5.74, 6) is -0.270. The van der Waals surface area contributed by atoms with E-state index in [0.717, 1.165) is 5.56 Å². The second-order valence-corrected chi connectivity index (χ2v) is 5.02. The molecule has 0 heterocycles. The van der Waals surface area contributed by atoms with Crippen molar-refractivity contribution in [1.82, 2.24) is 0 Å². The van der Waals surface area contributed by atoms with Gasteiger partial charge in [-0.05, 0) is 38.5 Å². The van der Waals surface area contributed by atoms with Crippen LogP contribution in [0.2, 0.25) is 0 Å². The average Bonchev–Trinajstić information content (AvgIpc) is 2.12. The van der Waals surface area contributed by atoms with E-state index in [0.29, 0.717) is 10.0 Å². The Balaban J connectivity index is 3.11. The van der Waals surface area contributed by atoms with Crippen LogP contribution >= 0.6 is 15.9 Å². The van der Waals surface area contributed by atoms with Crippen LogP contribution in [-0.4, -0.2) is 13.9 Å². The first-order valence-electron chi connectivity index (χ1n) is 4.97. The first-order valence-corrected chi connectivity index (χ1v) is 5.77. The zero-order valence-corrected chi connectivity index (χ0v) is 11.5. The zero-order valence-electron chi connectivity index (χ0n) is 9.93. The highest BCUT2D eigenvalue weighted by Gasteiger charge is 2.27. The lowest BCUT2D eigenvalue weighted by atomic mass is 9.96. The minimum atomic E-state index is -0.730. The second-order valence-electron chi connectivity index (χ2n) is 4.16. The fourth-order valence-corrected chi connectivity index (χ4v) is 2.58. The molecule has 0 unspecified atom stereocenters. The Morgan fingerprint density at radius 2 is 2.00 bits per heavy atom. The third-order valence-electron chi connectivity index (χ3n) is 2.33. The van der Waals surface area contributed by atoms with Crippen LogP contribution in [0.5, 0.6) is 0 Å². The summed E-state index contributed by atoms with van der Waals surface area (Å²) in [6.07, 6.45) is 0. The molecule has 0 saturated heterocycles. The van der Waals surface area contributed by atoms with Gasteiger partial charge in [0, 0.05) is 17.1 Å². The van der Waals surface area contributed by atoms with Crippen LogP contribution < -0.4 is 0 Å². The van der Waals surface area contributed by atoms with Gasteiger partial charge >= 0.3 is 0 Å². The minimum absolute atomic E-state index is 0.132. The Hall–Kier alpha value is -0.450. The molecular formula is C12H16BrFO2. The summed E-state index contributed by atoms with van der Waals surface area (Å²) in [7, 11) is 1.54. The van der Waals surface area contributed by atoms with Gasteiger partial charge in [-0.2, -0.15) is 0 Å². The summed E-state index contributed by atoms with van der Waals surface area (Å²) in [5.41, 5.74) is 0.651. The van der Waals surface area contributed by atoms with Crippen molar-refractivity contribution in [1.29, 1.82) is 0 Å². The normalized spacial score (nSPS) is 11.9. The SMILES string of the molecule is COCOC(C)(C)c1c(F)cc(C)cc1Br. The summed E-state index contributed by atoms with van der Waals surface area (Å²) >= 11 is 3.36. The Morgan fingerprint density at radius 1 is 1.38 bits per heavy atom. The molecule has 0 amide bonds. The molecule has 0 spiro atoms. The van der Waals surface area contributed by atoms with Crippen LogP contribution in [0.3, 0.4) is 0 Å². The van der Waals surface area contributed by atoms with Crippen molar-refractivity contribution in [3.8, 4) is 0 Å². The van der Waals surface area contributed by atoms with Gasteiger partial charge in [-0.15, -0.1) is 0 Å². The number of benzene rings is 1. The van der Waals surface area contributed by atoms with Crippen molar-refractivity contribution in [3.05, 3.63) is 33.5 Å². The van der Waals surface area contributed by atoms with Crippen LogP contribution in [0, 0.1) is 12.7 Å². The number of methoxy groups -OCH3 is 1. The molecule has 1 rings (SSSR count). The molecule has 0 aliphatic carbocycles. The van der Waals surface area contributed by atoms with E-state index in [1.807, 2.05) is 26.8 Å². The fourth-order valence-electron chi connectivity index (χ4n) is 1.55. The maximum atomic E-state index is 13.9. The van der Waals surface area contributed by atoms with Gasteiger partial charge in [0.1, 0.15) is 12.6 Å². The third-order valence-corrected chi connectivity index (χ3v) is 2.95. The van der Waals surface area contributed by atoms with E-state index in [-0.39, 0.29) is 12.6 Å². The maximum Gasteiger partial charge on any atom is 0.147 e. The summed E-state index contributed by atoms with van der Waals surface area (Å²) < 4.78 is 24.9. The molecule has 0 atom stereocenters. The van der Waals surface area contributed by atoms with Crippen LogP contribution in [-0.2, 0) is 15.1 Å². The largest absolute Gasteiger partial charge is 0.359 e. The van der Waals surface area contributed by atoms with Crippen LogP contribution in [0.4, 0.5) is 4.39 Å². The van der Waals surface area contributed by atoms with Crippen molar-refractivity contribution in [3.63, 3.8) is 0 Å². The number of hydrogen-bond donors (Lipinski definition) is 0. The lowest BCUT2D eigenvalue weighted by Crippen LogP contribution is -2.25. The Kier molecular flexibility index (Phi) is 4.47. The van der Waals surface area contributed by atoms with Gasteiger partial charge in [0.2, 0.25) is 0 Å². The van der Waals surface area contributed by atoms with Gasteiger partial charge in [-0.3, -0.25) is 0 Å². The standard InChI is InChI=1S/C12H16BrFO2/c1-8-5-9(13)11(10(14)6-8)12(2,3)16-7-15-4/h5-6H,7H2,1-4H3. The molecule has 4 heteroatoms. The van der Waals surface area contributed by atoms with Gasteiger partial charge in [-0.1, -0.05) is 15.9 Å². The average molecular weight is 291 g/mol. The number of halogens is 2. The number of ether oxygens (including phenoxy) is 2. The Morgan fingerprint density at radius 3 is 2.50 bits per heavy atom. The Labute approximate surface area is 104 Å². The van der Waals surface area contributed by atoms with Gasteiger partial charge in [0.05, 0.1) is 5.60 Å². The molecule has 0 bridgehead atoms. The van der Waals surface area contributed by atoms with E-state index >= 15 is 0 Å². The number of rotatable bonds is 4. The summed E-state index contributed by atoms with van der Waals surface area (Å²) in [6.45, 7) is 5.60. The molecule has 1 aromatic carbocycles. The van der Waals surface area contributed by atoms with E-state index in [4.69, 9.17) is 9.47 Å². The quantitative estimate of drug-likeness (QED) is 0.787. The number of hydrogen-bond acceptors (Lipinski definition) is 2. The van der Waals surface area contributed by atoms with Gasteiger partial charge < -0.3 is 9.47 Å². The van der Waals surface area contributed by atoms with Crippen molar-refractivity contribution in [2.45, 2.75) is 26.4 Å². The maximum absolute atomic E-state index is 13.9. The molecular weight excluding hydrogens is 275 g/mol. The molecule has 2 nitrogen and oxygen atoms in total. The first kappa shape index (κ1) is 13.6. The topological polar surface area (TPSA) is 18.5 Å². The molecule has 0 N–H and O–H groups in total. The summed E-state index contributed by atoms with van der Waals surface area (Å²) in [6, 6.07) is 3.37. The molecule has 0 aliphatic heterocycles. The van der Waals surface area contributed by atoms with Crippen molar-refractivity contribution in [2.24, 2.45) is 0 Å². The first-order chi connectivity index (χ1) is 7.38. The molecule has 16 heavy (non-hydrogen) atoms. The third kappa shape index (κ3) is 3.03. The van der Waals surface area contributed by atoms with E-state index < -0.39 is 5.60 Å². The predicted octanol–water partition coefficient (Wildman–Crippen LogP) is 3.75. The molecule has 0 fully saturated rings. The van der Waals surface area contributed by atoms with E-state index in [1.165, 1.54) is 13.2 Å². The smallest absolute Gasteiger partial charge is 0.147 e. The molecule has 0 radical (unpaired) electrons. The lowest BCUT2D eigenvalue weighted by molar-refractivity contribution is -0.119. The zero-order chi connectivity index (χ0) is 12.3. The highest BCUT2D eigenvalue weighted by atomic mass is 79.9. The second kappa shape index (κ2) is 5.25. The number of aryl methyl sites for hydroxylation is 1. The summed E-state index contributed by atoms with van der Waals surface area (Å²) in [4.78, 5) is 0. The Bertz CT molecular complexity index is 354. The monoisotopic (exact) mass is 290 g/mol. The van der Waals surface area contributed by atoms with E-state index in [1.54, 1.807) is 0 Å². The van der Waals surface area contributed by atoms with Gasteiger partial charge in [0.25, 0.3) is 0 Å². The van der Waals surface area contributed by atoms with Crippen LogP contribution in [0.25, 0.3) is 0 Å². The molecule has 1 aromatic rings.